The van der Waals surface area contributed by atoms with E-state index in [4.69, 9.17) is 9.47 Å². The number of carbonyl (C=O) groups excluding carboxylic acids is 2. The van der Waals surface area contributed by atoms with Crippen LogP contribution < -0.4 is 0 Å². The zero-order valence-electron chi connectivity index (χ0n) is 19.7. The minimum atomic E-state index is -0.911. The van der Waals surface area contributed by atoms with E-state index in [-0.39, 0.29) is 23.5 Å². The van der Waals surface area contributed by atoms with Gasteiger partial charge >= 0.3 is 11.9 Å². The van der Waals surface area contributed by atoms with Crippen molar-refractivity contribution in [1.29, 1.82) is 0 Å². The Balaban J connectivity index is 1.93. The fourth-order valence-corrected chi connectivity index (χ4v) is 4.49. The number of para-hydroxylation sites is 2. The molecular weight excluding hydrogens is 452 g/mol. The van der Waals surface area contributed by atoms with E-state index in [9.17, 15) is 19.7 Å². The van der Waals surface area contributed by atoms with Gasteiger partial charge in [0.05, 0.1) is 53.6 Å². The molecule has 0 atom stereocenters. The summed E-state index contributed by atoms with van der Waals surface area (Å²) in [5, 5.41) is 11.4. The highest BCUT2D eigenvalue weighted by Gasteiger charge is 2.40. The van der Waals surface area contributed by atoms with E-state index in [0.717, 1.165) is 11.0 Å². The van der Waals surface area contributed by atoms with Gasteiger partial charge in [-0.2, -0.15) is 0 Å². The third kappa shape index (κ3) is 4.14. The van der Waals surface area contributed by atoms with Crippen molar-refractivity contribution >= 4 is 28.7 Å². The van der Waals surface area contributed by atoms with Crippen molar-refractivity contribution in [2.45, 2.75) is 26.4 Å². The Morgan fingerprint density at radius 2 is 1.63 bits per heavy atom. The number of imidazole rings is 1. The first-order valence-corrected chi connectivity index (χ1v) is 10.8. The second-order valence-corrected chi connectivity index (χ2v) is 8.04. The maximum Gasteiger partial charge on any atom is 0.336 e. The third-order valence-electron chi connectivity index (χ3n) is 6.21. The quantitative estimate of drug-likeness (QED) is 0.299. The molecule has 180 valence electrons. The lowest BCUT2D eigenvalue weighted by Gasteiger charge is -2.37. The maximum absolute atomic E-state index is 13.1. The van der Waals surface area contributed by atoms with Gasteiger partial charge in [0.15, 0.2) is 0 Å². The number of nitro benzene ring substituents is 1. The van der Waals surface area contributed by atoms with E-state index in [1.54, 1.807) is 26.2 Å². The fraction of sp³-hybridized carbons (Fsp3) is 0.240. The number of hydrogen-bond acceptors (Lipinski definition) is 8. The van der Waals surface area contributed by atoms with Crippen molar-refractivity contribution in [1.82, 2.24) is 14.5 Å². The molecular formula is C25H24N4O6. The number of ether oxygens (including phenoxy) is 2. The molecule has 0 spiro atoms. The number of carbonyl (C=O) groups is 2. The molecule has 0 bridgehead atoms. The molecule has 2 heterocycles. The van der Waals surface area contributed by atoms with Crippen LogP contribution in [-0.2, 0) is 25.7 Å². The Hall–Kier alpha value is -4.47. The van der Waals surface area contributed by atoms with Crippen LogP contribution in [0.1, 0.15) is 25.3 Å². The Labute approximate surface area is 201 Å². The molecule has 0 saturated heterocycles. The molecule has 0 amide bonds. The largest absolute Gasteiger partial charge is 0.466 e. The first kappa shape index (κ1) is 23.7. The summed E-state index contributed by atoms with van der Waals surface area (Å²) in [4.78, 5) is 43.3. The van der Waals surface area contributed by atoms with Crippen LogP contribution in [0.15, 0.2) is 77.4 Å². The minimum absolute atomic E-state index is 0.154. The summed E-state index contributed by atoms with van der Waals surface area (Å²) >= 11 is 0. The van der Waals surface area contributed by atoms with Gasteiger partial charge in [-0.15, -0.1) is 0 Å². The van der Waals surface area contributed by atoms with Crippen molar-refractivity contribution in [2.75, 3.05) is 14.2 Å². The normalized spacial score (nSPS) is 14.5. The van der Waals surface area contributed by atoms with Crippen LogP contribution in [0.25, 0.3) is 11.0 Å². The monoisotopic (exact) mass is 476 g/mol. The molecule has 1 aliphatic heterocycles. The summed E-state index contributed by atoms with van der Waals surface area (Å²) < 4.78 is 12.1. The molecule has 4 rings (SSSR count). The average molecular weight is 476 g/mol. The van der Waals surface area contributed by atoms with E-state index in [0.29, 0.717) is 17.0 Å². The number of nitrogens with zero attached hydrogens (tertiary/aromatic N) is 4. The Morgan fingerprint density at radius 3 is 2.23 bits per heavy atom. The molecule has 0 aliphatic carbocycles. The summed E-state index contributed by atoms with van der Waals surface area (Å²) in [6, 6.07) is 13.5. The maximum atomic E-state index is 13.1. The summed E-state index contributed by atoms with van der Waals surface area (Å²) in [6.45, 7) is 3.78. The standard InChI is InChI=1S/C25H24N4O6/c1-15-21(24(30)34-3)23(17-8-7-9-18(12-17)29(32)33)22(25(31)35-4)16(2)28(15)14-27-13-26-19-10-5-6-11-20(19)27/h5-13,23H,14H2,1-4H3. The Kier molecular flexibility index (Phi) is 6.37. The van der Waals surface area contributed by atoms with E-state index in [2.05, 4.69) is 4.98 Å². The summed E-state index contributed by atoms with van der Waals surface area (Å²) in [5.41, 5.74) is 3.45. The van der Waals surface area contributed by atoms with Crippen LogP contribution >= 0.6 is 0 Å². The van der Waals surface area contributed by atoms with Gasteiger partial charge < -0.3 is 18.9 Å². The van der Waals surface area contributed by atoms with Crippen molar-refractivity contribution in [3.63, 3.8) is 0 Å². The minimum Gasteiger partial charge on any atom is -0.466 e. The highest BCUT2D eigenvalue weighted by molar-refractivity contribution is 5.99. The summed E-state index contributed by atoms with van der Waals surface area (Å²) in [7, 11) is 2.51. The van der Waals surface area contributed by atoms with E-state index < -0.39 is 22.8 Å². The Morgan fingerprint density at radius 1 is 1.00 bits per heavy atom. The smallest absolute Gasteiger partial charge is 0.336 e. The van der Waals surface area contributed by atoms with Crippen LogP contribution in [0.4, 0.5) is 5.69 Å². The third-order valence-corrected chi connectivity index (χ3v) is 6.21. The van der Waals surface area contributed by atoms with Gasteiger partial charge in [-0.1, -0.05) is 24.3 Å². The van der Waals surface area contributed by atoms with Gasteiger partial charge in [0, 0.05) is 23.5 Å². The van der Waals surface area contributed by atoms with Crippen LogP contribution in [-0.4, -0.2) is 45.5 Å². The zero-order chi connectivity index (χ0) is 25.3. The lowest BCUT2D eigenvalue weighted by molar-refractivity contribution is -0.384. The van der Waals surface area contributed by atoms with E-state index in [1.807, 2.05) is 33.7 Å². The lowest BCUT2D eigenvalue weighted by Crippen LogP contribution is -2.36. The summed E-state index contributed by atoms with van der Waals surface area (Å²) in [5.74, 6) is -2.20. The van der Waals surface area contributed by atoms with E-state index in [1.165, 1.54) is 32.4 Å². The first-order chi connectivity index (χ1) is 16.8. The number of benzene rings is 2. The molecule has 1 aromatic heterocycles. The second-order valence-electron chi connectivity index (χ2n) is 8.04. The number of esters is 2. The molecule has 0 N–H and O–H groups in total. The molecule has 0 saturated carbocycles. The van der Waals surface area contributed by atoms with E-state index >= 15 is 0 Å². The van der Waals surface area contributed by atoms with Gasteiger partial charge in [0.2, 0.25) is 0 Å². The van der Waals surface area contributed by atoms with Crippen molar-refractivity contribution in [3.05, 3.63) is 93.1 Å². The van der Waals surface area contributed by atoms with Crippen LogP contribution in [0.3, 0.4) is 0 Å². The van der Waals surface area contributed by atoms with Crippen LogP contribution in [0.2, 0.25) is 0 Å². The predicted octanol–water partition coefficient (Wildman–Crippen LogP) is 3.90. The average Bonchev–Trinajstić information content (AvgIpc) is 3.28. The highest BCUT2D eigenvalue weighted by atomic mass is 16.6. The molecule has 0 radical (unpaired) electrons. The number of methoxy groups -OCH3 is 2. The molecule has 2 aromatic carbocycles. The number of non-ortho nitro benzene ring substituents is 1. The van der Waals surface area contributed by atoms with Gasteiger partial charge in [0.25, 0.3) is 5.69 Å². The zero-order valence-corrected chi connectivity index (χ0v) is 19.7. The van der Waals surface area contributed by atoms with Crippen LogP contribution in [0, 0.1) is 10.1 Å². The van der Waals surface area contributed by atoms with Gasteiger partial charge in [-0.3, -0.25) is 10.1 Å². The molecule has 1 aliphatic rings. The second kappa shape index (κ2) is 9.41. The number of hydrogen-bond donors (Lipinski definition) is 0. The fourth-order valence-electron chi connectivity index (χ4n) is 4.49. The van der Waals surface area contributed by atoms with Gasteiger partial charge in [-0.25, -0.2) is 14.6 Å². The molecule has 10 nitrogen and oxygen atoms in total. The van der Waals surface area contributed by atoms with Gasteiger partial charge in [-0.05, 0) is 31.5 Å². The lowest BCUT2D eigenvalue weighted by atomic mass is 9.79. The molecule has 0 fully saturated rings. The number of fused-ring (bicyclic) bond motifs is 1. The topological polar surface area (TPSA) is 117 Å². The predicted molar refractivity (Wildman–Crippen MR) is 127 cm³/mol. The van der Waals surface area contributed by atoms with Crippen LogP contribution in [0.5, 0.6) is 0 Å². The SMILES string of the molecule is COC(=O)C1=C(C)N(Cn2cnc3ccccc32)C(C)=C(C(=O)OC)C1c1cccc([N+](=O)[O-])c1. The highest BCUT2D eigenvalue weighted by Crippen LogP contribution is 2.43. The molecule has 0 unspecified atom stereocenters. The van der Waals surface area contributed by atoms with Gasteiger partial charge in [0.1, 0.15) is 6.67 Å². The van der Waals surface area contributed by atoms with Crippen molar-refractivity contribution < 1.29 is 24.0 Å². The first-order valence-electron chi connectivity index (χ1n) is 10.8. The molecule has 3 aromatic rings. The summed E-state index contributed by atoms with van der Waals surface area (Å²) in [6.07, 6.45) is 1.69. The number of rotatable bonds is 6. The molecule has 10 heteroatoms. The number of nitro groups is 1. The Bertz CT molecular complexity index is 1360. The number of aromatic nitrogens is 2. The number of allylic oxidation sites excluding steroid dienone is 2. The molecule has 35 heavy (non-hydrogen) atoms. The van der Waals surface area contributed by atoms with Crippen molar-refractivity contribution in [3.8, 4) is 0 Å². The van der Waals surface area contributed by atoms with Crippen molar-refractivity contribution in [2.24, 2.45) is 0 Å².